The second kappa shape index (κ2) is 7.50. The molecule has 1 aromatic carbocycles. The number of hydrogen-bond donors (Lipinski definition) is 4. The quantitative estimate of drug-likeness (QED) is 0.458. The lowest BCUT2D eigenvalue weighted by atomic mass is 10.0. The van der Waals surface area contributed by atoms with Crippen LogP contribution in [-0.4, -0.2) is 51.6 Å². The number of rotatable bonds is 5. The summed E-state index contributed by atoms with van der Waals surface area (Å²) in [4.78, 5) is 10.4. The van der Waals surface area contributed by atoms with Crippen molar-refractivity contribution in [2.75, 3.05) is 17.2 Å². The number of anilines is 2. The lowest BCUT2D eigenvalue weighted by Gasteiger charge is -2.24. The first kappa shape index (κ1) is 19.1. The van der Waals surface area contributed by atoms with Crippen molar-refractivity contribution in [1.82, 2.24) is 9.97 Å². The number of aliphatic hydroxyl groups is 1. The molecule has 8 heteroatoms. The van der Waals surface area contributed by atoms with E-state index in [4.69, 9.17) is 21.6 Å². The van der Waals surface area contributed by atoms with E-state index in [1.165, 1.54) is 6.33 Å². The SMILES string of the molecule is CC(C)Oc1ccc(N)c(C(=N)c2cc(N3C[C@H](O)[C@@H](N)C3C)ncn2)c1. The van der Waals surface area contributed by atoms with Gasteiger partial charge >= 0.3 is 0 Å². The normalized spacial score (nSPS) is 22.3. The van der Waals surface area contributed by atoms with E-state index in [-0.39, 0.29) is 23.9 Å². The molecule has 6 N–H and O–H groups in total. The zero-order valence-corrected chi connectivity index (χ0v) is 15.8. The summed E-state index contributed by atoms with van der Waals surface area (Å²) >= 11 is 0. The zero-order valence-electron chi connectivity index (χ0n) is 15.8. The van der Waals surface area contributed by atoms with Crippen LogP contribution in [0.15, 0.2) is 30.6 Å². The molecule has 0 bridgehead atoms. The van der Waals surface area contributed by atoms with Crippen LogP contribution in [0, 0.1) is 5.41 Å². The monoisotopic (exact) mass is 370 g/mol. The Morgan fingerprint density at radius 3 is 2.70 bits per heavy atom. The van der Waals surface area contributed by atoms with Gasteiger partial charge in [-0.2, -0.15) is 0 Å². The van der Waals surface area contributed by atoms with Crippen LogP contribution in [0.5, 0.6) is 5.75 Å². The van der Waals surface area contributed by atoms with Crippen LogP contribution in [0.3, 0.4) is 0 Å². The standard InChI is InChI=1S/C19H26N6O2/c1-10(2)27-12-4-5-14(20)13(6-12)19(22)15-7-17(24-9-23-15)25-8-16(26)18(21)11(25)3/h4-7,9-11,16,18,22,26H,8,20-21H2,1-3H3/t11?,16-,18-/m0/s1. The molecule has 1 aromatic heterocycles. The third kappa shape index (κ3) is 3.86. The summed E-state index contributed by atoms with van der Waals surface area (Å²) in [7, 11) is 0. The first-order valence-electron chi connectivity index (χ1n) is 8.95. The van der Waals surface area contributed by atoms with Gasteiger partial charge in [-0.25, -0.2) is 9.97 Å². The molecule has 1 unspecified atom stereocenters. The Morgan fingerprint density at radius 2 is 2.07 bits per heavy atom. The fraction of sp³-hybridized carbons (Fsp3) is 0.421. The maximum atomic E-state index is 10.0. The molecule has 1 aliphatic rings. The van der Waals surface area contributed by atoms with Crippen molar-refractivity contribution in [2.45, 2.75) is 45.1 Å². The van der Waals surface area contributed by atoms with Gasteiger partial charge in [0.25, 0.3) is 0 Å². The molecule has 1 fully saturated rings. The van der Waals surface area contributed by atoms with Crippen molar-refractivity contribution in [3.8, 4) is 5.75 Å². The van der Waals surface area contributed by atoms with Crippen LogP contribution in [0.2, 0.25) is 0 Å². The highest BCUT2D eigenvalue weighted by Crippen LogP contribution is 2.26. The Bertz CT molecular complexity index is 841. The second-order valence-electron chi connectivity index (χ2n) is 7.09. The third-order valence-corrected chi connectivity index (χ3v) is 4.75. The predicted octanol–water partition coefficient (Wildman–Crippen LogP) is 1.16. The minimum Gasteiger partial charge on any atom is -0.491 e. The maximum Gasteiger partial charge on any atom is 0.132 e. The van der Waals surface area contributed by atoms with Crippen LogP contribution < -0.4 is 21.1 Å². The molecule has 0 amide bonds. The van der Waals surface area contributed by atoms with Crippen molar-refractivity contribution in [2.24, 2.45) is 5.73 Å². The number of β-amino-alcohol motifs (C(OH)–C–C–N with tert-alkyl or cyclic N) is 1. The molecular formula is C19H26N6O2. The molecule has 1 saturated heterocycles. The Balaban J connectivity index is 1.90. The molecule has 2 heterocycles. The van der Waals surface area contributed by atoms with Crippen LogP contribution >= 0.6 is 0 Å². The van der Waals surface area contributed by atoms with Crippen molar-refractivity contribution in [3.05, 3.63) is 41.9 Å². The number of nitrogens with zero attached hydrogens (tertiary/aromatic N) is 3. The summed E-state index contributed by atoms with van der Waals surface area (Å²) in [6, 6.07) is 6.57. The van der Waals surface area contributed by atoms with E-state index < -0.39 is 6.10 Å². The van der Waals surface area contributed by atoms with E-state index in [0.29, 0.717) is 35.1 Å². The number of aromatic nitrogens is 2. The van der Waals surface area contributed by atoms with Crippen molar-refractivity contribution >= 4 is 17.2 Å². The Hall–Kier alpha value is -2.71. The Kier molecular flexibility index (Phi) is 5.29. The second-order valence-corrected chi connectivity index (χ2v) is 7.09. The molecule has 3 rings (SSSR count). The Morgan fingerprint density at radius 1 is 1.33 bits per heavy atom. The van der Waals surface area contributed by atoms with E-state index in [1.54, 1.807) is 24.3 Å². The van der Waals surface area contributed by atoms with Crippen molar-refractivity contribution < 1.29 is 9.84 Å². The van der Waals surface area contributed by atoms with Gasteiger partial charge < -0.3 is 26.2 Å². The first-order valence-corrected chi connectivity index (χ1v) is 8.95. The molecule has 27 heavy (non-hydrogen) atoms. The summed E-state index contributed by atoms with van der Waals surface area (Å²) in [6.07, 6.45) is 0.819. The number of nitrogen functional groups attached to an aromatic ring is 1. The van der Waals surface area contributed by atoms with Gasteiger partial charge in [-0.1, -0.05) is 0 Å². The van der Waals surface area contributed by atoms with Crippen molar-refractivity contribution in [3.63, 3.8) is 0 Å². The number of nitrogens with one attached hydrogen (secondary N) is 1. The number of benzene rings is 1. The number of aliphatic hydroxyl groups excluding tert-OH is 1. The summed E-state index contributed by atoms with van der Waals surface area (Å²) in [6.45, 7) is 6.22. The average molecular weight is 370 g/mol. The lowest BCUT2D eigenvalue weighted by molar-refractivity contribution is 0.175. The van der Waals surface area contributed by atoms with E-state index in [2.05, 4.69) is 9.97 Å². The van der Waals surface area contributed by atoms with Gasteiger partial charge in [0, 0.05) is 29.9 Å². The van der Waals surface area contributed by atoms with Gasteiger partial charge in [0.2, 0.25) is 0 Å². The molecule has 1 aliphatic heterocycles. The van der Waals surface area contributed by atoms with E-state index in [0.717, 1.165) is 0 Å². The third-order valence-electron chi connectivity index (χ3n) is 4.75. The zero-order chi connectivity index (χ0) is 19.7. The fourth-order valence-corrected chi connectivity index (χ4v) is 3.20. The lowest BCUT2D eigenvalue weighted by Crippen LogP contribution is -2.40. The van der Waals surface area contributed by atoms with Crippen LogP contribution in [0.25, 0.3) is 0 Å². The molecule has 0 aliphatic carbocycles. The van der Waals surface area contributed by atoms with Crippen LogP contribution in [-0.2, 0) is 0 Å². The highest BCUT2D eigenvalue weighted by molar-refractivity contribution is 6.13. The van der Waals surface area contributed by atoms with Gasteiger partial charge in [-0.3, -0.25) is 5.41 Å². The molecular weight excluding hydrogens is 344 g/mol. The molecule has 3 atom stereocenters. The Labute approximate surface area is 158 Å². The fourth-order valence-electron chi connectivity index (χ4n) is 3.20. The van der Waals surface area contributed by atoms with Crippen molar-refractivity contribution in [1.29, 1.82) is 5.41 Å². The van der Waals surface area contributed by atoms with E-state index in [9.17, 15) is 5.11 Å². The van der Waals surface area contributed by atoms with Gasteiger partial charge in [0.1, 0.15) is 17.9 Å². The molecule has 0 saturated carbocycles. The first-order chi connectivity index (χ1) is 12.8. The number of nitrogens with two attached hydrogens (primary N) is 2. The van der Waals surface area contributed by atoms with E-state index >= 15 is 0 Å². The van der Waals surface area contributed by atoms with Gasteiger partial charge in [0.15, 0.2) is 0 Å². The van der Waals surface area contributed by atoms with Crippen LogP contribution in [0.1, 0.15) is 32.0 Å². The smallest absolute Gasteiger partial charge is 0.132 e. The summed E-state index contributed by atoms with van der Waals surface area (Å²) in [5.74, 6) is 1.27. The highest BCUT2D eigenvalue weighted by atomic mass is 16.5. The minimum atomic E-state index is -0.613. The molecule has 2 aromatic rings. The summed E-state index contributed by atoms with van der Waals surface area (Å²) in [5.41, 5.74) is 13.7. The topological polar surface area (TPSA) is 134 Å². The minimum absolute atomic E-state index is 0.0219. The van der Waals surface area contributed by atoms with Crippen LogP contribution in [0.4, 0.5) is 11.5 Å². The number of hydrogen-bond acceptors (Lipinski definition) is 8. The highest BCUT2D eigenvalue weighted by Gasteiger charge is 2.36. The predicted molar refractivity (Wildman–Crippen MR) is 105 cm³/mol. The van der Waals surface area contributed by atoms with E-state index in [1.807, 2.05) is 25.7 Å². The van der Waals surface area contributed by atoms with Gasteiger partial charge in [-0.05, 0) is 39.0 Å². The largest absolute Gasteiger partial charge is 0.491 e. The number of ether oxygens (including phenoxy) is 1. The summed E-state index contributed by atoms with van der Waals surface area (Å²) in [5, 5.41) is 18.6. The maximum absolute atomic E-state index is 10.0. The molecule has 144 valence electrons. The molecule has 8 nitrogen and oxygen atoms in total. The molecule has 0 radical (unpaired) electrons. The van der Waals surface area contributed by atoms with Gasteiger partial charge in [0.05, 0.1) is 29.7 Å². The van der Waals surface area contributed by atoms with Gasteiger partial charge in [-0.15, -0.1) is 0 Å². The summed E-state index contributed by atoms with van der Waals surface area (Å²) < 4.78 is 5.70. The average Bonchev–Trinajstić information content (AvgIpc) is 2.90. The molecule has 0 spiro atoms.